The molecule has 0 radical (unpaired) electrons. The molecule has 0 atom stereocenters. The summed E-state index contributed by atoms with van der Waals surface area (Å²) < 4.78 is 0. The summed E-state index contributed by atoms with van der Waals surface area (Å²) in [6, 6.07) is 0. The van der Waals surface area contributed by atoms with Gasteiger partial charge in [-0.2, -0.15) is 0 Å². The van der Waals surface area contributed by atoms with Gasteiger partial charge in [0, 0.05) is 0 Å². The van der Waals surface area contributed by atoms with Crippen LogP contribution < -0.4 is 0 Å². The van der Waals surface area contributed by atoms with Gasteiger partial charge in [0.15, 0.2) is 0 Å². The normalized spacial score (nSPS) is 21.6. The number of rotatable bonds is 0. The topological polar surface area (TPSA) is 0 Å². The van der Waals surface area contributed by atoms with Gasteiger partial charge in [-0.15, -0.1) is 0 Å². The second-order valence-corrected chi connectivity index (χ2v) is 4.51. The van der Waals surface area contributed by atoms with Crippen molar-refractivity contribution in [1.29, 1.82) is 0 Å². The summed E-state index contributed by atoms with van der Waals surface area (Å²) in [5.74, 6) is 1.04. The molecule has 14 heavy (non-hydrogen) atoms. The van der Waals surface area contributed by atoms with Gasteiger partial charge in [-0.25, -0.2) is 0 Å². The quantitative estimate of drug-likeness (QED) is 0.478. The highest BCUT2D eigenvalue weighted by Crippen LogP contribution is 2.22. The average molecular weight is 198 g/mol. The molecule has 0 nitrogen and oxygen atoms in total. The van der Waals surface area contributed by atoms with Crippen LogP contribution in [-0.4, -0.2) is 0 Å². The van der Waals surface area contributed by atoms with Gasteiger partial charge >= 0.3 is 0 Å². The minimum Gasteiger partial charge on any atom is -0.0683 e. The van der Waals surface area contributed by atoms with Crippen LogP contribution in [0.15, 0.2) is 0 Å². The predicted molar refractivity (Wildman–Crippen MR) is 66.7 cm³/mol. The van der Waals surface area contributed by atoms with Crippen molar-refractivity contribution in [3.63, 3.8) is 0 Å². The Hall–Kier alpha value is 0. The molecule has 0 aromatic rings. The van der Waals surface area contributed by atoms with Crippen LogP contribution in [0.25, 0.3) is 0 Å². The van der Waals surface area contributed by atoms with Gasteiger partial charge in [-0.1, -0.05) is 85.0 Å². The lowest BCUT2D eigenvalue weighted by atomic mass is 9.91. The second kappa shape index (κ2) is 11.1. The molecular weight excluding hydrogens is 168 g/mol. The molecule has 86 valence electrons. The van der Waals surface area contributed by atoms with Gasteiger partial charge in [-0.3, -0.25) is 0 Å². The molecule has 0 unspecified atom stereocenters. The van der Waals surface area contributed by atoms with E-state index in [4.69, 9.17) is 0 Å². The molecule has 0 spiro atoms. The smallest absolute Gasteiger partial charge is 0.0443 e. The standard InChI is InChI=1S/C7H14.C5H10.C2H6/c1-7-5-3-2-4-6-7;1-2-4-5-3-1;1-2/h7H,2-6H2,1H3;1-5H2;1-2H3. The zero-order valence-corrected chi connectivity index (χ0v) is 10.6. The van der Waals surface area contributed by atoms with Crippen LogP contribution in [0.5, 0.6) is 0 Å². The Kier molecular flexibility index (Phi) is 11.1. The average Bonchev–Trinajstić information content (AvgIpc) is 2.80. The molecular formula is C14H30. The first-order valence-corrected chi connectivity index (χ1v) is 6.89. The van der Waals surface area contributed by atoms with E-state index in [0.717, 1.165) is 5.92 Å². The molecule has 2 aliphatic rings. The summed E-state index contributed by atoms with van der Waals surface area (Å²) in [5.41, 5.74) is 0. The zero-order valence-electron chi connectivity index (χ0n) is 10.6. The predicted octanol–water partition coefficient (Wildman–Crippen LogP) is 5.56. The number of hydrogen-bond acceptors (Lipinski definition) is 0. The van der Waals surface area contributed by atoms with Crippen molar-refractivity contribution in [2.75, 3.05) is 0 Å². The molecule has 2 rings (SSSR count). The van der Waals surface area contributed by atoms with Crippen molar-refractivity contribution in [3.05, 3.63) is 0 Å². The van der Waals surface area contributed by atoms with E-state index in [1.807, 2.05) is 13.8 Å². The van der Waals surface area contributed by atoms with E-state index in [-0.39, 0.29) is 0 Å². The van der Waals surface area contributed by atoms with E-state index in [1.165, 1.54) is 64.2 Å². The highest BCUT2D eigenvalue weighted by molar-refractivity contribution is 4.59. The van der Waals surface area contributed by atoms with Crippen molar-refractivity contribution in [2.24, 2.45) is 5.92 Å². The molecule has 0 N–H and O–H groups in total. The van der Waals surface area contributed by atoms with Crippen molar-refractivity contribution >= 4 is 0 Å². The third-order valence-corrected chi connectivity index (χ3v) is 3.14. The monoisotopic (exact) mass is 198 g/mol. The van der Waals surface area contributed by atoms with Crippen LogP contribution in [0, 0.1) is 5.92 Å². The molecule has 0 aliphatic heterocycles. The fourth-order valence-corrected chi connectivity index (χ4v) is 2.19. The molecule has 0 aromatic heterocycles. The molecule has 0 heteroatoms. The third-order valence-electron chi connectivity index (χ3n) is 3.14. The summed E-state index contributed by atoms with van der Waals surface area (Å²) in [6.07, 6.45) is 14.9. The third kappa shape index (κ3) is 8.59. The van der Waals surface area contributed by atoms with Crippen molar-refractivity contribution in [1.82, 2.24) is 0 Å². The fourth-order valence-electron chi connectivity index (χ4n) is 2.19. The van der Waals surface area contributed by atoms with Gasteiger partial charge < -0.3 is 0 Å². The van der Waals surface area contributed by atoms with Crippen LogP contribution in [0.3, 0.4) is 0 Å². The van der Waals surface area contributed by atoms with Crippen LogP contribution in [-0.2, 0) is 0 Å². The van der Waals surface area contributed by atoms with Gasteiger partial charge in [-0.05, 0) is 5.92 Å². The first kappa shape index (κ1) is 14.0. The Bertz CT molecular complexity index is 78.6. The van der Waals surface area contributed by atoms with E-state index in [9.17, 15) is 0 Å². The van der Waals surface area contributed by atoms with Crippen molar-refractivity contribution < 1.29 is 0 Å². The van der Waals surface area contributed by atoms with Gasteiger partial charge in [0.1, 0.15) is 0 Å². The number of hydrogen-bond donors (Lipinski definition) is 0. The maximum atomic E-state index is 2.36. The van der Waals surface area contributed by atoms with E-state index in [2.05, 4.69) is 6.92 Å². The molecule has 2 saturated carbocycles. The molecule has 0 saturated heterocycles. The van der Waals surface area contributed by atoms with E-state index in [1.54, 1.807) is 0 Å². The van der Waals surface area contributed by atoms with Crippen molar-refractivity contribution in [3.8, 4) is 0 Å². The second-order valence-electron chi connectivity index (χ2n) is 4.51. The molecule has 0 heterocycles. The van der Waals surface area contributed by atoms with Crippen LogP contribution in [0.2, 0.25) is 0 Å². The fraction of sp³-hybridized carbons (Fsp3) is 1.00. The summed E-state index contributed by atoms with van der Waals surface area (Å²) in [4.78, 5) is 0. The molecule has 0 amide bonds. The summed E-state index contributed by atoms with van der Waals surface area (Å²) in [5, 5.41) is 0. The Morgan fingerprint density at radius 1 is 0.571 bits per heavy atom. The Morgan fingerprint density at radius 2 is 0.857 bits per heavy atom. The van der Waals surface area contributed by atoms with Crippen LogP contribution in [0.4, 0.5) is 0 Å². The summed E-state index contributed by atoms with van der Waals surface area (Å²) in [7, 11) is 0. The van der Waals surface area contributed by atoms with Gasteiger partial charge in [0.05, 0.1) is 0 Å². The van der Waals surface area contributed by atoms with Crippen LogP contribution >= 0.6 is 0 Å². The van der Waals surface area contributed by atoms with E-state index < -0.39 is 0 Å². The lowest BCUT2D eigenvalue weighted by Crippen LogP contribution is -1.99. The highest BCUT2D eigenvalue weighted by atomic mass is 14.1. The maximum Gasteiger partial charge on any atom is -0.0443 e. The van der Waals surface area contributed by atoms with Gasteiger partial charge in [0.2, 0.25) is 0 Å². The first-order valence-electron chi connectivity index (χ1n) is 6.89. The van der Waals surface area contributed by atoms with E-state index in [0.29, 0.717) is 0 Å². The molecule has 0 bridgehead atoms. The SMILES string of the molecule is C1CCCC1.CC.CC1CCCCC1. The Balaban J connectivity index is 0.000000213. The first-order chi connectivity index (χ1) is 6.89. The lowest BCUT2D eigenvalue weighted by molar-refractivity contribution is 0.385. The Labute approximate surface area is 91.5 Å². The zero-order chi connectivity index (χ0) is 10.6. The molecule has 0 aromatic carbocycles. The highest BCUT2D eigenvalue weighted by Gasteiger charge is 2.05. The summed E-state index contributed by atoms with van der Waals surface area (Å²) >= 11 is 0. The maximum absolute atomic E-state index is 2.36. The van der Waals surface area contributed by atoms with E-state index >= 15 is 0 Å². The lowest BCUT2D eigenvalue weighted by Gasteiger charge is -2.15. The molecule has 2 fully saturated rings. The Morgan fingerprint density at radius 3 is 1.07 bits per heavy atom. The minimum absolute atomic E-state index is 1.04. The molecule has 2 aliphatic carbocycles. The van der Waals surface area contributed by atoms with Crippen molar-refractivity contribution in [2.45, 2.75) is 85.0 Å². The minimum atomic E-state index is 1.04. The van der Waals surface area contributed by atoms with Gasteiger partial charge in [0.25, 0.3) is 0 Å². The van der Waals surface area contributed by atoms with Crippen LogP contribution in [0.1, 0.15) is 85.0 Å². The summed E-state index contributed by atoms with van der Waals surface area (Å²) in [6.45, 7) is 6.36. The largest absolute Gasteiger partial charge is 0.0683 e.